The van der Waals surface area contributed by atoms with Gasteiger partial charge in [-0.1, -0.05) is 5.21 Å². The van der Waals surface area contributed by atoms with E-state index in [1.807, 2.05) is 23.7 Å². The van der Waals surface area contributed by atoms with E-state index in [4.69, 9.17) is 4.42 Å². The van der Waals surface area contributed by atoms with Crippen molar-refractivity contribution in [2.24, 2.45) is 0 Å². The summed E-state index contributed by atoms with van der Waals surface area (Å²) >= 11 is 0. The lowest BCUT2D eigenvalue weighted by Crippen LogP contribution is -2.18. The van der Waals surface area contributed by atoms with Crippen LogP contribution in [0.4, 0.5) is 5.82 Å². The Bertz CT molecular complexity index is 435. The molecule has 0 aliphatic rings. The maximum Gasteiger partial charge on any atom is 0.145 e. The van der Waals surface area contributed by atoms with E-state index in [9.17, 15) is 0 Å². The first-order valence-corrected chi connectivity index (χ1v) is 5.97. The largest absolute Gasteiger partial charge is 0.469 e. The molecule has 0 spiro atoms. The molecule has 5 nitrogen and oxygen atoms in total. The average Bonchev–Trinajstić information content (AvgIpc) is 2.97. The van der Waals surface area contributed by atoms with E-state index in [1.54, 1.807) is 12.5 Å². The molecule has 0 aliphatic carbocycles. The van der Waals surface area contributed by atoms with E-state index in [2.05, 4.69) is 22.6 Å². The van der Waals surface area contributed by atoms with Crippen LogP contribution in [0.15, 0.2) is 29.0 Å². The van der Waals surface area contributed by atoms with Gasteiger partial charge in [0.1, 0.15) is 11.6 Å². The number of nitrogens with zero attached hydrogens (tertiary/aromatic N) is 3. The first kappa shape index (κ1) is 11.7. The van der Waals surface area contributed by atoms with Crippen molar-refractivity contribution in [1.82, 2.24) is 15.0 Å². The van der Waals surface area contributed by atoms with E-state index < -0.39 is 0 Å². The monoisotopic (exact) mass is 234 g/mol. The lowest BCUT2D eigenvalue weighted by atomic mass is 10.1. The molecule has 1 atom stereocenters. The maximum atomic E-state index is 5.31. The normalized spacial score (nSPS) is 12.6. The molecule has 2 heterocycles. The zero-order valence-corrected chi connectivity index (χ0v) is 10.3. The number of hydrogen-bond acceptors (Lipinski definition) is 4. The SMILES string of the molecule is CCn1nncc1NC(C)CCc1ccco1. The van der Waals surface area contributed by atoms with Crippen molar-refractivity contribution < 1.29 is 4.42 Å². The molecule has 0 radical (unpaired) electrons. The van der Waals surface area contributed by atoms with Gasteiger partial charge in [0.25, 0.3) is 0 Å². The standard InChI is InChI=1S/C12H18N4O/c1-3-16-12(9-13-15-16)14-10(2)6-7-11-5-4-8-17-11/h4-5,8-10,14H,3,6-7H2,1-2H3. The van der Waals surface area contributed by atoms with Gasteiger partial charge in [-0.3, -0.25) is 0 Å². The summed E-state index contributed by atoms with van der Waals surface area (Å²) in [6.07, 6.45) is 5.42. The van der Waals surface area contributed by atoms with Crippen molar-refractivity contribution in [3.05, 3.63) is 30.4 Å². The molecule has 1 unspecified atom stereocenters. The Labute approximate surface area is 101 Å². The minimum Gasteiger partial charge on any atom is -0.469 e. The van der Waals surface area contributed by atoms with Gasteiger partial charge in [-0.15, -0.1) is 5.10 Å². The van der Waals surface area contributed by atoms with E-state index >= 15 is 0 Å². The van der Waals surface area contributed by atoms with Crippen LogP contribution in [0, 0.1) is 0 Å². The molecular weight excluding hydrogens is 216 g/mol. The zero-order chi connectivity index (χ0) is 12.1. The van der Waals surface area contributed by atoms with Crippen LogP contribution in [0.1, 0.15) is 26.0 Å². The molecule has 2 aromatic rings. The van der Waals surface area contributed by atoms with Gasteiger partial charge < -0.3 is 9.73 Å². The van der Waals surface area contributed by atoms with Gasteiger partial charge >= 0.3 is 0 Å². The topological polar surface area (TPSA) is 55.9 Å². The van der Waals surface area contributed by atoms with Crippen LogP contribution in [0.2, 0.25) is 0 Å². The smallest absolute Gasteiger partial charge is 0.145 e. The molecule has 0 bridgehead atoms. The molecule has 1 N–H and O–H groups in total. The summed E-state index contributed by atoms with van der Waals surface area (Å²) in [6, 6.07) is 4.29. The molecule has 0 saturated heterocycles. The van der Waals surface area contributed by atoms with Gasteiger partial charge in [0, 0.05) is 19.0 Å². The third kappa shape index (κ3) is 3.09. The second kappa shape index (κ2) is 5.52. The summed E-state index contributed by atoms with van der Waals surface area (Å²) in [5.74, 6) is 2.00. The number of anilines is 1. The predicted molar refractivity (Wildman–Crippen MR) is 65.8 cm³/mol. The van der Waals surface area contributed by atoms with Crippen LogP contribution in [0.3, 0.4) is 0 Å². The van der Waals surface area contributed by atoms with Crippen molar-refractivity contribution in [2.45, 2.75) is 39.3 Å². The van der Waals surface area contributed by atoms with Gasteiger partial charge in [-0.2, -0.15) is 0 Å². The van der Waals surface area contributed by atoms with Crippen molar-refractivity contribution in [3.8, 4) is 0 Å². The molecule has 2 aromatic heterocycles. The highest BCUT2D eigenvalue weighted by molar-refractivity contribution is 5.32. The van der Waals surface area contributed by atoms with Crippen LogP contribution in [0.5, 0.6) is 0 Å². The second-order valence-electron chi connectivity index (χ2n) is 4.10. The Kier molecular flexibility index (Phi) is 3.80. The van der Waals surface area contributed by atoms with Gasteiger partial charge in [0.15, 0.2) is 0 Å². The van der Waals surface area contributed by atoms with Crippen molar-refractivity contribution in [3.63, 3.8) is 0 Å². The fraction of sp³-hybridized carbons (Fsp3) is 0.500. The van der Waals surface area contributed by atoms with Crippen LogP contribution < -0.4 is 5.32 Å². The van der Waals surface area contributed by atoms with E-state index in [-0.39, 0.29) is 0 Å². The van der Waals surface area contributed by atoms with Crippen LogP contribution >= 0.6 is 0 Å². The number of nitrogens with one attached hydrogen (secondary N) is 1. The highest BCUT2D eigenvalue weighted by Crippen LogP contribution is 2.10. The Morgan fingerprint density at radius 3 is 3.12 bits per heavy atom. The van der Waals surface area contributed by atoms with Gasteiger partial charge in [-0.25, -0.2) is 4.68 Å². The minimum atomic E-state index is 0.365. The summed E-state index contributed by atoms with van der Waals surface area (Å²) in [4.78, 5) is 0. The van der Waals surface area contributed by atoms with Crippen LogP contribution in [-0.2, 0) is 13.0 Å². The first-order chi connectivity index (χ1) is 8.29. The molecule has 0 aliphatic heterocycles. The van der Waals surface area contributed by atoms with Crippen LogP contribution in [0.25, 0.3) is 0 Å². The zero-order valence-electron chi connectivity index (χ0n) is 10.3. The highest BCUT2D eigenvalue weighted by atomic mass is 16.3. The molecular formula is C12H18N4O. The summed E-state index contributed by atoms with van der Waals surface area (Å²) in [6.45, 7) is 5.02. The number of aryl methyl sites for hydroxylation is 2. The van der Waals surface area contributed by atoms with Gasteiger partial charge in [0.05, 0.1) is 12.5 Å². The molecule has 92 valence electrons. The van der Waals surface area contributed by atoms with E-state index in [0.717, 1.165) is 31.0 Å². The quantitative estimate of drug-likeness (QED) is 0.833. The van der Waals surface area contributed by atoms with E-state index in [1.165, 1.54) is 0 Å². The fourth-order valence-corrected chi connectivity index (χ4v) is 1.74. The molecule has 5 heteroatoms. The third-order valence-corrected chi connectivity index (χ3v) is 2.72. The lowest BCUT2D eigenvalue weighted by molar-refractivity contribution is 0.494. The third-order valence-electron chi connectivity index (χ3n) is 2.72. The van der Waals surface area contributed by atoms with Crippen molar-refractivity contribution in [2.75, 3.05) is 5.32 Å². The molecule has 17 heavy (non-hydrogen) atoms. The van der Waals surface area contributed by atoms with Crippen LogP contribution in [-0.4, -0.2) is 21.0 Å². The molecule has 0 saturated carbocycles. The molecule has 2 rings (SSSR count). The summed E-state index contributed by atoms with van der Waals surface area (Å²) in [7, 11) is 0. The summed E-state index contributed by atoms with van der Waals surface area (Å²) < 4.78 is 7.16. The Morgan fingerprint density at radius 2 is 2.41 bits per heavy atom. The number of furan rings is 1. The maximum absolute atomic E-state index is 5.31. The van der Waals surface area contributed by atoms with Crippen molar-refractivity contribution in [1.29, 1.82) is 0 Å². The Balaban J connectivity index is 1.83. The Morgan fingerprint density at radius 1 is 1.53 bits per heavy atom. The van der Waals surface area contributed by atoms with E-state index in [0.29, 0.717) is 6.04 Å². The lowest BCUT2D eigenvalue weighted by Gasteiger charge is -2.14. The molecule has 0 fully saturated rings. The fourth-order valence-electron chi connectivity index (χ4n) is 1.74. The summed E-state index contributed by atoms with van der Waals surface area (Å²) in [5.41, 5.74) is 0. The number of rotatable bonds is 6. The van der Waals surface area contributed by atoms with Gasteiger partial charge in [-0.05, 0) is 32.4 Å². The van der Waals surface area contributed by atoms with Gasteiger partial charge in [0.2, 0.25) is 0 Å². The Hall–Kier alpha value is -1.78. The second-order valence-corrected chi connectivity index (χ2v) is 4.10. The average molecular weight is 234 g/mol. The predicted octanol–water partition coefficient (Wildman–Crippen LogP) is 2.32. The van der Waals surface area contributed by atoms with Crippen molar-refractivity contribution >= 4 is 5.82 Å². The molecule has 0 amide bonds. The number of hydrogen-bond donors (Lipinski definition) is 1. The molecule has 0 aromatic carbocycles. The summed E-state index contributed by atoms with van der Waals surface area (Å²) in [5, 5.41) is 11.3. The first-order valence-electron chi connectivity index (χ1n) is 5.97. The number of aromatic nitrogens is 3. The highest BCUT2D eigenvalue weighted by Gasteiger charge is 2.07. The minimum absolute atomic E-state index is 0.365.